The lowest BCUT2D eigenvalue weighted by Crippen LogP contribution is -1.99. The molecule has 1 aliphatic carbocycles. The van der Waals surface area contributed by atoms with E-state index in [-0.39, 0.29) is 12.6 Å². The van der Waals surface area contributed by atoms with Crippen LogP contribution in [0.5, 0.6) is 0 Å². The molecule has 1 rings (SSSR count). The van der Waals surface area contributed by atoms with Gasteiger partial charge in [-0.1, -0.05) is 6.08 Å². The van der Waals surface area contributed by atoms with Crippen LogP contribution in [0.4, 0.5) is 0 Å². The second-order valence-corrected chi connectivity index (χ2v) is 2.95. The van der Waals surface area contributed by atoms with Crippen molar-refractivity contribution in [2.24, 2.45) is 11.8 Å². The monoisotopic (exact) mass is 170 g/mol. The van der Waals surface area contributed by atoms with E-state index in [1.807, 2.05) is 6.08 Å². The van der Waals surface area contributed by atoms with Crippen molar-refractivity contribution in [2.45, 2.75) is 13.3 Å². The van der Waals surface area contributed by atoms with Gasteiger partial charge in [-0.15, -0.1) is 0 Å². The molecule has 0 radical (unpaired) electrons. The van der Waals surface area contributed by atoms with E-state index in [4.69, 9.17) is 9.84 Å². The summed E-state index contributed by atoms with van der Waals surface area (Å²) in [6, 6.07) is 0. The Kier molecular flexibility index (Phi) is 3.29. The molecular formula is C9H14O3. The van der Waals surface area contributed by atoms with Crippen LogP contribution in [-0.4, -0.2) is 24.3 Å². The minimum Gasteiger partial charge on any atom is -0.463 e. The van der Waals surface area contributed by atoms with Crippen LogP contribution in [0.3, 0.4) is 0 Å². The van der Waals surface area contributed by atoms with Crippen LogP contribution in [0.15, 0.2) is 12.2 Å². The molecule has 1 saturated carbocycles. The predicted molar refractivity (Wildman–Crippen MR) is 44.5 cm³/mol. The minimum absolute atomic E-state index is 0.220. The molecule has 0 heterocycles. The van der Waals surface area contributed by atoms with E-state index >= 15 is 0 Å². The lowest BCUT2D eigenvalue weighted by molar-refractivity contribution is -0.137. The number of rotatable bonds is 4. The second kappa shape index (κ2) is 4.26. The van der Waals surface area contributed by atoms with Crippen LogP contribution < -0.4 is 0 Å². The van der Waals surface area contributed by atoms with Crippen LogP contribution >= 0.6 is 0 Å². The van der Waals surface area contributed by atoms with E-state index < -0.39 is 0 Å². The topological polar surface area (TPSA) is 46.5 Å². The van der Waals surface area contributed by atoms with Crippen molar-refractivity contribution in [3.63, 3.8) is 0 Å². The van der Waals surface area contributed by atoms with Crippen LogP contribution in [0.2, 0.25) is 0 Å². The molecule has 1 N–H and O–H groups in total. The van der Waals surface area contributed by atoms with Gasteiger partial charge in [0, 0.05) is 12.7 Å². The van der Waals surface area contributed by atoms with Gasteiger partial charge in [0.05, 0.1) is 6.61 Å². The maximum Gasteiger partial charge on any atom is 0.330 e. The van der Waals surface area contributed by atoms with Crippen molar-refractivity contribution in [1.29, 1.82) is 0 Å². The second-order valence-electron chi connectivity index (χ2n) is 2.95. The number of hydrogen-bond acceptors (Lipinski definition) is 3. The number of allylic oxidation sites excluding steroid dienone is 1. The van der Waals surface area contributed by atoms with Crippen molar-refractivity contribution in [3.05, 3.63) is 12.2 Å². The summed E-state index contributed by atoms with van der Waals surface area (Å²) >= 11 is 0. The zero-order chi connectivity index (χ0) is 8.97. The fraction of sp³-hybridized carbons (Fsp3) is 0.667. The summed E-state index contributed by atoms with van der Waals surface area (Å²) in [5, 5.41) is 8.69. The zero-order valence-electron chi connectivity index (χ0n) is 7.19. The van der Waals surface area contributed by atoms with E-state index in [9.17, 15) is 4.79 Å². The van der Waals surface area contributed by atoms with E-state index in [1.165, 1.54) is 6.08 Å². The largest absolute Gasteiger partial charge is 0.463 e. The molecule has 0 aliphatic heterocycles. The fourth-order valence-corrected chi connectivity index (χ4v) is 1.11. The fourth-order valence-electron chi connectivity index (χ4n) is 1.11. The number of aliphatic hydroxyl groups excluding tert-OH is 1. The molecule has 0 amide bonds. The van der Waals surface area contributed by atoms with Crippen LogP contribution in [0.1, 0.15) is 13.3 Å². The average Bonchev–Trinajstić information content (AvgIpc) is 2.80. The maximum atomic E-state index is 10.8. The van der Waals surface area contributed by atoms with E-state index in [2.05, 4.69) is 0 Å². The summed E-state index contributed by atoms with van der Waals surface area (Å²) in [6.07, 6.45) is 4.26. The Morgan fingerprint density at radius 2 is 2.50 bits per heavy atom. The molecule has 2 atom stereocenters. The number of aliphatic hydroxyl groups is 1. The first-order valence-corrected chi connectivity index (χ1v) is 4.23. The first-order valence-electron chi connectivity index (χ1n) is 4.23. The number of carbonyl (C=O) groups is 1. The van der Waals surface area contributed by atoms with Crippen molar-refractivity contribution >= 4 is 5.97 Å². The van der Waals surface area contributed by atoms with Gasteiger partial charge in [-0.25, -0.2) is 4.79 Å². The molecule has 0 aromatic heterocycles. The summed E-state index contributed by atoms with van der Waals surface area (Å²) in [4.78, 5) is 10.8. The lowest BCUT2D eigenvalue weighted by atomic mass is 10.3. The molecule has 0 aromatic rings. The van der Waals surface area contributed by atoms with Gasteiger partial charge >= 0.3 is 5.97 Å². The van der Waals surface area contributed by atoms with E-state index in [1.54, 1.807) is 6.92 Å². The highest BCUT2D eigenvalue weighted by molar-refractivity contribution is 5.81. The zero-order valence-corrected chi connectivity index (χ0v) is 7.19. The Morgan fingerprint density at radius 3 is 3.00 bits per heavy atom. The Labute approximate surface area is 72.0 Å². The van der Waals surface area contributed by atoms with Gasteiger partial charge in [0.25, 0.3) is 0 Å². The summed E-state index contributed by atoms with van der Waals surface area (Å²) < 4.78 is 4.70. The molecule has 3 heteroatoms. The Bertz CT molecular complexity index is 186. The van der Waals surface area contributed by atoms with Gasteiger partial charge < -0.3 is 9.84 Å². The highest BCUT2D eigenvalue weighted by Crippen LogP contribution is 2.38. The van der Waals surface area contributed by atoms with Crippen molar-refractivity contribution < 1.29 is 14.6 Å². The van der Waals surface area contributed by atoms with Crippen molar-refractivity contribution in [1.82, 2.24) is 0 Å². The molecule has 68 valence electrons. The lowest BCUT2D eigenvalue weighted by Gasteiger charge is -1.93. The summed E-state index contributed by atoms with van der Waals surface area (Å²) in [7, 11) is 0. The predicted octanol–water partition coefficient (Wildman–Crippen LogP) is 0.734. The first kappa shape index (κ1) is 9.26. The quantitative estimate of drug-likeness (QED) is 0.500. The minimum atomic E-state index is -0.291. The van der Waals surface area contributed by atoms with Crippen LogP contribution in [-0.2, 0) is 9.53 Å². The standard InChI is InChI=1S/C9H14O3/c1-2-12-9(11)4-3-7-5-8(7)6-10/h3-4,7-8,10H,2,5-6H2,1H3/b4-3+/t7-,8-/m1/s1. The molecule has 0 unspecified atom stereocenters. The maximum absolute atomic E-state index is 10.8. The van der Waals surface area contributed by atoms with Crippen molar-refractivity contribution in [3.8, 4) is 0 Å². The van der Waals surface area contributed by atoms with Crippen LogP contribution in [0, 0.1) is 11.8 Å². The summed E-state index contributed by atoms with van der Waals surface area (Å²) in [5.74, 6) is 0.469. The Morgan fingerprint density at radius 1 is 1.75 bits per heavy atom. The third-order valence-corrected chi connectivity index (χ3v) is 1.98. The van der Waals surface area contributed by atoms with Gasteiger partial charge in [-0.05, 0) is 25.2 Å². The Balaban J connectivity index is 2.18. The highest BCUT2D eigenvalue weighted by atomic mass is 16.5. The third-order valence-electron chi connectivity index (χ3n) is 1.98. The SMILES string of the molecule is CCOC(=O)/C=C/[C@@H]1C[C@@H]1CO. The smallest absolute Gasteiger partial charge is 0.330 e. The van der Waals surface area contributed by atoms with E-state index in [0.717, 1.165) is 6.42 Å². The number of carbonyl (C=O) groups excluding carboxylic acids is 1. The van der Waals surface area contributed by atoms with Crippen LogP contribution in [0.25, 0.3) is 0 Å². The molecular weight excluding hydrogens is 156 g/mol. The molecule has 0 bridgehead atoms. The van der Waals surface area contributed by atoms with Gasteiger partial charge in [-0.2, -0.15) is 0 Å². The molecule has 0 saturated heterocycles. The van der Waals surface area contributed by atoms with Gasteiger partial charge in [0.1, 0.15) is 0 Å². The molecule has 3 nitrogen and oxygen atoms in total. The first-order chi connectivity index (χ1) is 5.77. The molecule has 0 aromatic carbocycles. The number of ether oxygens (including phenoxy) is 1. The third kappa shape index (κ3) is 2.66. The molecule has 1 fully saturated rings. The average molecular weight is 170 g/mol. The molecule has 12 heavy (non-hydrogen) atoms. The molecule has 1 aliphatic rings. The highest BCUT2D eigenvalue weighted by Gasteiger charge is 2.33. The molecule has 0 spiro atoms. The van der Waals surface area contributed by atoms with Crippen molar-refractivity contribution in [2.75, 3.05) is 13.2 Å². The van der Waals surface area contributed by atoms with Gasteiger partial charge in [0.15, 0.2) is 0 Å². The summed E-state index contributed by atoms with van der Waals surface area (Å²) in [6.45, 7) is 2.41. The summed E-state index contributed by atoms with van der Waals surface area (Å²) in [5.41, 5.74) is 0. The number of hydrogen-bond donors (Lipinski definition) is 1. The Hall–Kier alpha value is -0.830. The normalized spacial score (nSPS) is 27.5. The van der Waals surface area contributed by atoms with E-state index in [0.29, 0.717) is 18.4 Å². The number of esters is 1. The van der Waals surface area contributed by atoms with Gasteiger partial charge in [-0.3, -0.25) is 0 Å². The van der Waals surface area contributed by atoms with Gasteiger partial charge in [0.2, 0.25) is 0 Å².